The van der Waals surface area contributed by atoms with E-state index >= 15 is 0 Å². The Morgan fingerprint density at radius 3 is 2.65 bits per heavy atom. The van der Waals surface area contributed by atoms with E-state index in [4.69, 9.17) is 5.73 Å². The number of carbonyl (C=O) groups is 1. The van der Waals surface area contributed by atoms with E-state index in [-0.39, 0.29) is 12.5 Å². The predicted molar refractivity (Wildman–Crippen MR) is 70.5 cm³/mol. The Bertz CT molecular complexity index is 374. The van der Waals surface area contributed by atoms with E-state index in [9.17, 15) is 4.79 Å². The van der Waals surface area contributed by atoms with Crippen LogP contribution in [0, 0.1) is 12.8 Å². The van der Waals surface area contributed by atoms with Crippen molar-refractivity contribution in [3.63, 3.8) is 0 Å². The third kappa shape index (κ3) is 4.57. The molecule has 0 spiro atoms. The minimum atomic E-state index is 0.0141. The molecule has 1 aromatic rings. The molecule has 0 aromatic heterocycles. The summed E-state index contributed by atoms with van der Waals surface area (Å²) in [5, 5.41) is 0. The van der Waals surface area contributed by atoms with E-state index in [0.29, 0.717) is 12.5 Å². The lowest BCUT2D eigenvalue weighted by Crippen LogP contribution is -2.37. The molecule has 3 nitrogen and oxygen atoms in total. The molecule has 1 aromatic carbocycles. The van der Waals surface area contributed by atoms with E-state index in [1.807, 2.05) is 17.0 Å². The van der Waals surface area contributed by atoms with Gasteiger partial charge in [0.25, 0.3) is 0 Å². The minimum absolute atomic E-state index is 0.0141. The number of hydrogen-bond donors (Lipinski definition) is 1. The molecular weight excluding hydrogens is 212 g/mol. The molecule has 0 radical (unpaired) electrons. The number of nitrogens with two attached hydrogens (primary N) is 1. The SMILES string of the molecule is Cc1cccc(CN(CC(C)C)C(=O)CN)c1. The van der Waals surface area contributed by atoms with E-state index in [1.54, 1.807) is 0 Å². The van der Waals surface area contributed by atoms with Crippen molar-refractivity contribution in [3.8, 4) is 0 Å². The van der Waals surface area contributed by atoms with Gasteiger partial charge in [-0.2, -0.15) is 0 Å². The Kier molecular flexibility index (Phi) is 5.16. The zero-order valence-electron chi connectivity index (χ0n) is 10.9. The molecule has 0 fully saturated rings. The average molecular weight is 234 g/mol. The summed E-state index contributed by atoms with van der Waals surface area (Å²) in [6.45, 7) is 7.75. The number of aryl methyl sites for hydroxylation is 1. The summed E-state index contributed by atoms with van der Waals surface area (Å²) in [5.41, 5.74) is 7.82. The van der Waals surface area contributed by atoms with Gasteiger partial charge < -0.3 is 10.6 Å². The summed E-state index contributed by atoms with van der Waals surface area (Å²) in [4.78, 5) is 13.6. The number of rotatable bonds is 5. The maximum absolute atomic E-state index is 11.7. The lowest BCUT2D eigenvalue weighted by Gasteiger charge is -2.24. The highest BCUT2D eigenvalue weighted by Crippen LogP contribution is 2.09. The fourth-order valence-corrected chi connectivity index (χ4v) is 1.86. The molecule has 2 N–H and O–H groups in total. The van der Waals surface area contributed by atoms with Crippen LogP contribution in [-0.2, 0) is 11.3 Å². The molecule has 0 aliphatic carbocycles. The van der Waals surface area contributed by atoms with Gasteiger partial charge in [0, 0.05) is 13.1 Å². The Morgan fingerprint density at radius 2 is 2.12 bits per heavy atom. The van der Waals surface area contributed by atoms with Crippen LogP contribution in [0.25, 0.3) is 0 Å². The monoisotopic (exact) mass is 234 g/mol. The molecule has 17 heavy (non-hydrogen) atoms. The first-order chi connectivity index (χ1) is 8.02. The quantitative estimate of drug-likeness (QED) is 0.846. The smallest absolute Gasteiger partial charge is 0.236 e. The third-order valence-corrected chi connectivity index (χ3v) is 2.57. The van der Waals surface area contributed by atoms with Gasteiger partial charge in [0.05, 0.1) is 6.54 Å². The van der Waals surface area contributed by atoms with Crippen molar-refractivity contribution in [3.05, 3.63) is 35.4 Å². The van der Waals surface area contributed by atoms with Crippen molar-refractivity contribution >= 4 is 5.91 Å². The summed E-state index contributed by atoms with van der Waals surface area (Å²) in [6.07, 6.45) is 0. The zero-order valence-corrected chi connectivity index (χ0v) is 10.9. The van der Waals surface area contributed by atoms with Crippen LogP contribution >= 0.6 is 0 Å². The van der Waals surface area contributed by atoms with E-state index in [2.05, 4.69) is 32.9 Å². The molecule has 0 saturated carbocycles. The first kappa shape index (κ1) is 13.7. The lowest BCUT2D eigenvalue weighted by atomic mass is 10.1. The minimum Gasteiger partial charge on any atom is -0.337 e. The average Bonchev–Trinajstić information content (AvgIpc) is 2.26. The van der Waals surface area contributed by atoms with Crippen LogP contribution in [0.15, 0.2) is 24.3 Å². The Balaban J connectivity index is 2.75. The second-order valence-corrected chi connectivity index (χ2v) is 4.86. The molecule has 0 aliphatic rings. The third-order valence-electron chi connectivity index (χ3n) is 2.57. The van der Waals surface area contributed by atoms with Crippen molar-refractivity contribution in [2.75, 3.05) is 13.1 Å². The topological polar surface area (TPSA) is 46.3 Å². The number of benzene rings is 1. The standard InChI is InChI=1S/C14H22N2O/c1-11(2)9-16(14(17)8-15)10-13-6-4-5-12(3)7-13/h4-7,11H,8-10,15H2,1-3H3. The molecule has 0 saturated heterocycles. The summed E-state index contributed by atoms with van der Waals surface area (Å²) in [5.74, 6) is 0.468. The van der Waals surface area contributed by atoms with Crippen molar-refractivity contribution in [2.45, 2.75) is 27.3 Å². The second kappa shape index (κ2) is 6.40. The second-order valence-electron chi connectivity index (χ2n) is 4.86. The first-order valence-corrected chi connectivity index (χ1v) is 6.06. The van der Waals surface area contributed by atoms with Crippen molar-refractivity contribution in [1.82, 2.24) is 4.90 Å². The maximum atomic E-state index is 11.7. The van der Waals surface area contributed by atoms with Gasteiger partial charge in [-0.1, -0.05) is 43.7 Å². The molecular formula is C14H22N2O. The highest BCUT2D eigenvalue weighted by Gasteiger charge is 2.13. The van der Waals surface area contributed by atoms with Gasteiger partial charge in [-0.15, -0.1) is 0 Å². The number of amides is 1. The molecule has 0 bridgehead atoms. The molecule has 3 heteroatoms. The molecule has 0 heterocycles. The molecule has 1 rings (SSSR count). The van der Waals surface area contributed by atoms with Crippen LogP contribution < -0.4 is 5.73 Å². The summed E-state index contributed by atoms with van der Waals surface area (Å²) >= 11 is 0. The number of carbonyl (C=O) groups excluding carboxylic acids is 1. The molecule has 94 valence electrons. The van der Waals surface area contributed by atoms with Crippen LogP contribution in [0.4, 0.5) is 0 Å². The van der Waals surface area contributed by atoms with Crippen LogP contribution in [0.1, 0.15) is 25.0 Å². The zero-order chi connectivity index (χ0) is 12.8. The summed E-state index contributed by atoms with van der Waals surface area (Å²) in [7, 11) is 0. The molecule has 0 unspecified atom stereocenters. The van der Waals surface area contributed by atoms with Crippen LogP contribution in [0.5, 0.6) is 0 Å². The van der Waals surface area contributed by atoms with Crippen LogP contribution in [0.2, 0.25) is 0 Å². The highest BCUT2D eigenvalue weighted by molar-refractivity contribution is 5.78. The van der Waals surface area contributed by atoms with E-state index in [0.717, 1.165) is 12.1 Å². The van der Waals surface area contributed by atoms with Gasteiger partial charge in [-0.3, -0.25) is 4.79 Å². The fraction of sp³-hybridized carbons (Fsp3) is 0.500. The molecule has 1 amide bonds. The lowest BCUT2D eigenvalue weighted by molar-refractivity contribution is -0.130. The Labute approximate surface area is 104 Å². The van der Waals surface area contributed by atoms with Gasteiger partial charge in [-0.05, 0) is 18.4 Å². The van der Waals surface area contributed by atoms with Gasteiger partial charge in [0.15, 0.2) is 0 Å². The van der Waals surface area contributed by atoms with Gasteiger partial charge >= 0.3 is 0 Å². The van der Waals surface area contributed by atoms with Gasteiger partial charge in [0.2, 0.25) is 5.91 Å². The van der Waals surface area contributed by atoms with Crippen molar-refractivity contribution in [2.24, 2.45) is 11.7 Å². The summed E-state index contributed by atoms with van der Waals surface area (Å²) < 4.78 is 0. The van der Waals surface area contributed by atoms with Crippen LogP contribution in [-0.4, -0.2) is 23.9 Å². The normalized spacial score (nSPS) is 10.6. The Hall–Kier alpha value is -1.35. The van der Waals surface area contributed by atoms with E-state index in [1.165, 1.54) is 5.56 Å². The Morgan fingerprint density at radius 1 is 1.41 bits per heavy atom. The van der Waals surface area contributed by atoms with E-state index < -0.39 is 0 Å². The number of hydrogen-bond acceptors (Lipinski definition) is 2. The van der Waals surface area contributed by atoms with Gasteiger partial charge in [-0.25, -0.2) is 0 Å². The molecule has 0 atom stereocenters. The van der Waals surface area contributed by atoms with Crippen molar-refractivity contribution in [1.29, 1.82) is 0 Å². The van der Waals surface area contributed by atoms with Crippen molar-refractivity contribution < 1.29 is 4.79 Å². The maximum Gasteiger partial charge on any atom is 0.236 e. The highest BCUT2D eigenvalue weighted by atomic mass is 16.2. The van der Waals surface area contributed by atoms with Gasteiger partial charge in [0.1, 0.15) is 0 Å². The largest absolute Gasteiger partial charge is 0.337 e. The summed E-state index contributed by atoms with van der Waals surface area (Å²) in [6, 6.07) is 8.23. The van der Waals surface area contributed by atoms with Crippen LogP contribution in [0.3, 0.4) is 0 Å². The molecule has 0 aliphatic heterocycles. The predicted octanol–water partition coefficient (Wildman–Crippen LogP) is 1.94. The fourth-order valence-electron chi connectivity index (χ4n) is 1.86. The number of nitrogens with zero attached hydrogens (tertiary/aromatic N) is 1. The first-order valence-electron chi connectivity index (χ1n) is 6.06.